The fourth-order valence-electron chi connectivity index (χ4n) is 3.74. The Morgan fingerprint density at radius 2 is 1.76 bits per heavy atom. The van der Waals surface area contributed by atoms with Crippen LogP contribution < -0.4 is 10.5 Å². The third-order valence-corrected chi connectivity index (χ3v) is 6.88. The zero-order valence-corrected chi connectivity index (χ0v) is 25.1. The number of hydrogen-bond donors (Lipinski definition) is 1. The van der Waals surface area contributed by atoms with E-state index in [2.05, 4.69) is 15.1 Å². The number of ketones is 1. The number of carbonyl (C=O) groups excluding carboxylic acids is 2. The third-order valence-electron chi connectivity index (χ3n) is 6.88. The smallest absolute Gasteiger partial charge is 0.248 e. The van der Waals surface area contributed by atoms with Crippen LogP contribution in [-0.2, 0) is 16.1 Å². The van der Waals surface area contributed by atoms with Gasteiger partial charge in [0, 0.05) is 31.0 Å². The van der Waals surface area contributed by atoms with E-state index >= 15 is 0 Å². The Morgan fingerprint density at radius 3 is 2.32 bits per heavy atom. The van der Waals surface area contributed by atoms with Crippen molar-refractivity contribution >= 4 is 17.6 Å². The minimum absolute atomic E-state index is 0.0260. The summed E-state index contributed by atoms with van der Waals surface area (Å²) in [5.74, 6) is 2.68. The molecule has 0 spiro atoms. The quantitative estimate of drug-likeness (QED) is 0.216. The second-order valence-electron chi connectivity index (χ2n) is 10.9. The summed E-state index contributed by atoms with van der Waals surface area (Å²) in [6, 6.07) is 15.7. The molecular formula is C32H43N5O4. The molecule has 0 saturated heterocycles. The van der Waals surface area contributed by atoms with Crippen LogP contribution in [0.15, 0.2) is 58.0 Å². The number of aliphatic imine (C=N–C) groups is 1. The van der Waals surface area contributed by atoms with Crippen molar-refractivity contribution in [2.75, 3.05) is 6.54 Å². The SMILES string of the molecule is CC(=O)C(C)(C)Oc1ccc(C)cc1.CCCCC(=O)N=C(N)N(CC)Cc1ccc(-c2noc(C3CC3)n2)cc1. The molecule has 2 N–H and O–H groups in total. The molecule has 1 saturated carbocycles. The zero-order valence-electron chi connectivity index (χ0n) is 25.1. The number of aromatic nitrogens is 2. The summed E-state index contributed by atoms with van der Waals surface area (Å²) in [5, 5.41) is 4.07. The van der Waals surface area contributed by atoms with Crippen molar-refractivity contribution in [3.8, 4) is 17.1 Å². The Hall–Kier alpha value is -4.01. The molecule has 2 aromatic carbocycles. The number of guanidine groups is 1. The monoisotopic (exact) mass is 561 g/mol. The molecule has 41 heavy (non-hydrogen) atoms. The molecule has 1 fully saturated rings. The number of carbonyl (C=O) groups is 2. The van der Waals surface area contributed by atoms with Crippen molar-refractivity contribution in [3.05, 3.63) is 65.5 Å². The fraction of sp³-hybridized carbons (Fsp3) is 0.469. The molecule has 1 aliphatic carbocycles. The van der Waals surface area contributed by atoms with Gasteiger partial charge in [0.15, 0.2) is 17.3 Å². The summed E-state index contributed by atoms with van der Waals surface area (Å²) in [6.07, 6.45) is 4.51. The number of aryl methyl sites for hydroxylation is 1. The number of rotatable bonds is 11. The fourth-order valence-corrected chi connectivity index (χ4v) is 3.74. The highest BCUT2D eigenvalue weighted by Gasteiger charge is 2.29. The van der Waals surface area contributed by atoms with E-state index in [1.165, 1.54) is 12.5 Å². The van der Waals surface area contributed by atoms with Gasteiger partial charge in [0.05, 0.1) is 0 Å². The van der Waals surface area contributed by atoms with Crippen LogP contribution in [0.5, 0.6) is 5.75 Å². The highest BCUT2D eigenvalue weighted by Crippen LogP contribution is 2.39. The Morgan fingerprint density at radius 1 is 1.10 bits per heavy atom. The molecule has 0 radical (unpaired) electrons. The van der Waals surface area contributed by atoms with Crippen molar-refractivity contribution in [1.82, 2.24) is 15.0 Å². The average molecular weight is 562 g/mol. The van der Waals surface area contributed by atoms with E-state index in [0.717, 1.165) is 48.5 Å². The van der Waals surface area contributed by atoms with Gasteiger partial charge in [0.25, 0.3) is 0 Å². The molecule has 0 bridgehead atoms. The number of hydrogen-bond acceptors (Lipinski definition) is 6. The average Bonchev–Trinajstić information content (AvgIpc) is 3.68. The largest absolute Gasteiger partial charge is 0.480 e. The van der Waals surface area contributed by atoms with Gasteiger partial charge < -0.3 is 19.9 Å². The van der Waals surface area contributed by atoms with E-state index in [1.54, 1.807) is 13.8 Å². The van der Waals surface area contributed by atoms with E-state index < -0.39 is 5.60 Å². The molecule has 4 rings (SSSR count). The number of Topliss-reactive ketones (excluding diaryl/α,β-unsaturated/α-hetero) is 1. The zero-order chi connectivity index (χ0) is 30.0. The van der Waals surface area contributed by atoms with Gasteiger partial charge in [-0.15, -0.1) is 0 Å². The first kappa shape index (κ1) is 31.5. The van der Waals surface area contributed by atoms with E-state index in [4.69, 9.17) is 15.0 Å². The van der Waals surface area contributed by atoms with Crippen LogP contribution in [0.25, 0.3) is 11.4 Å². The molecule has 220 valence electrons. The number of nitrogens with zero attached hydrogens (tertiary/aromatic N) is 4. The van der Waals surface area contributed by atoms with Crippen LogP contribution in [-0.4, -0.2) is 44.8 Å². The lowest BCUT2D eigenvalue weighted by Crippen LogP contribution is -2.37. The van der Waals surface area contributed by atoms with Crippen LogP contribution in [0.2, 0.25) is 0 Å². The van der Waals surface area contributed by atoms with Gasteiger partial charge in [-0.05, 0) is 71.6 Å². The molecule has 3 aromatic rings. The normalized spacial score (nSPS) is 13.3. The maximum absolute atomic E-state index is 11.8. The van der Waals surface area contributed by atoms with E-state index in [1.807, 2.05) is 74.2 Å². The molecular weight excluding hydrogens is 518 g/mol. The molecule has 1 aromatic heterocycles. The van der Waals surface area contributed by atoms with Crippen LogP contribution in [0.1, 0.15) is 89.7 Å². The summed E-state index contributed by atoms with van der Waals surface area (Å²) in [5.41, 5.74) is 8.47. The molecule has 0 aliphatic heterocycles. The number of benzene rings is 2. The summed E-state index contributed by atoms with van der Waals surface area (Å²) in [4.78, 5) is 33.4. The first-order valence-corrected chi connectivity index (χ1v) is 14.3. The lowest BCUT2D eigenvalue weighted by Gasteiger charge is -2.23. The number of amides is 1. The molecule has 1 aliphatic rings. The van der Waals surface area contributed by atoms with E-state index in [-0.39, 0.29) is 17.6 Å². The Kier molecular flexibility index (Phi) is 11.2. The molecule has 1 amide bonds. The molecule has 0 unspecified atom stereocenters. The van der Waals surface area contributed by atoms with Crippen molar-refractivity contribution in [2.45, 2.75) is 91.7 Å². The minimum Gasteiger partial charge on any atom is -0.480 e. The highest BCUT2D eigenvalue weighted by molar-refractivity contribution is 5.92. The van der Waals surface area contributed by atoms with Gasteiger partial charge in [0.1, 0.15) is 5.75 Å². The van der Waals surface area contributed by atoms with Gasteiger partial charge in [-0.1, -0.05) is 60.5 Å². The van der Waals surface area contributed by atoms with Gasteiger partial charge in [0.2, 0.25) is 17.6 Å². The number of unbranched alkanes of at least 4 members (excludes halogenated alkanes) is 1. The topological polar surface area (TPSA) is 124 Å². The van der Waals surface area contributed by atoms with Gasteiger partial charge in [-0.2, -0.15) is 9.98 Å². The lowest BCUT2D eigenvalue weighted by atomic mass is 10.1. The summed E-state index contributed by atoms with van der Waals surface area (Å²) in [7, 11) is 0. The first-order valence-electron chi connectivity index (χ1n) is 14.3. The highest BCUT2D eigenvalue weighted by atomic mass is 16.5. The van der Waals surface area contributed by atoms with Crippen LogP contribution in [0.4, 0.5) is 0 Å². The Labute approximate surface area is 243 Å². The molecule has 9 heteroatoms. The minimum atomic E-state index is -0.741. The van der Waals surface area contributed by atoms with Crippen molar-refractivity contribution in [2.24, 2.45) is 10.7 Å². The van der Waals surface area contributed by atoms with Gasteiger partial charge >= 0.3 is 0 Å². The van der Waals surface area contributed by atoms with Crippen LogP contribution >= 0.6 is 0 Å². The first-order chi connectivity index (χ1) is 19.5. The molecule has 0 atom stereocenters. The van der Waals surface area contributed by atoms with Crippen molar-refractivity contribution < 1.29 is 18.8 Å². The Bertz CT molecular complexity index is 1310. The summed E-state index contributed by atoms with van der Waals surface area (Å²) >= 11 is 0. The van der Waals surface area contributed by atoms with Crippen molar-refractivity contribution in [1.29, 1.82) is 0 Å². The van der Waals surface area contributed by atoms with Gasteiger partial charge in [-0.3, -0.25) is 9.59 Å². The third kappa shape index (κ3) is 9.84. The summed E-state index contributed by atoms with van der Waals surface area (Å²) < 4.78 is 10.9. The standard InChI is InChI=1S/C20H27N5O2.C12H16O2/c1-3-5-6-17(26)22-20(21)25(4-2)13-14-7-9-15(10-8-14)18-23-19(27-24-18)16-11-12-16;1-9-5-7-11(8-6-9)14-12(3,4)10(2)13/h7-10,16H,3-6,11-13H2,1-2H3,(H2,21,22,26);5-8H,1-4H3. The number of nitrogens with two attached hydrogens (primary N) is 1. The second kappa shape index (κ2) is 14.6. The Balaban J connectivity index is 0.000000278. The maximum Gasteiger partial charge on any atom is 0.248 e. The summed E-state index contributed by atoms with van der Waals surface area (Å²) in [6.45, 7) is 12.4. The predicted octanol–water partition coefficient (Wildman–Crippen LogP) is 6.21. The predicted molar refractivity (Wildman–Crippen MR) is 161 cm³/mol. The van der Waals surface area contributed by atoms with Crippen molar-refractivity contribution in [3.63, 3.8) is 0 Å². The molecule has 9 nitrogen and oxygen atoms in total. The van der Waals surface area contributed by atoms with E-state index in [9.17, 15) is 9.59 Å². The van der Waals surface area contributed by atoms with Crippen LogP contribution in [0, 0.1) is 6.92 Å². The maximum atomic E-state index is 11.8. The number of ether oxygens (including phenoxy) is 1. The van der Waals surface area contributed by atoms with Crippen LogP contribution in [0.3, 0.4) is 0 Å². The molecule has 1 heterocycles. The van der Waals surface area contributed by atoms with E-state index in [0.29, 0.717) is 31.3 Å². The van der Waals surface area contributed by atoms with Gasteiger partial charge in [-0.25, -0.2) is 0 Å². The second-order valence-corrected chi connectivity index (χ2v) is 10.9. The lowest BCUT2D eigenvalue weighted by molar-refractivity contribution is -0.129.